The molecule has 0 heterocycles. The Balaban J connectivity index is 3.13. The van der Waals surface area contributed by atoms with Crippen molar-refractivity contribution in [2.45, 2.75) is 238 Å². The van der Waals surface area contributed by atoms with Gasteiger partial charge in [-0.3, -0.25) is 9.59 Å². The molecule has 0 atom stereocenters. The van der Waals surface area contributed by atoms with E-state index in [0.717, 1.165) is 25.7 Å². The molecule has 262 valence electrons. The van der Waals surface area contributed by atoms with Gasteiger partial charge in [-0.15, -0.1) is 0 Å². The molecule has 4 nitrogen and oxygen atoms in total. The highest BCUT2D eigenvalue weighted by Crippen LogP contribution is 2.16. The van der Waals surface area contributed by atoms with E-state index in [-0.39, 0.29) is 5.97 Å². The van der Waals surface area contributed by atoms with Crippen molar-refractivity contribution in [3.05, 3.63) is 0 Å². The molecule has 0 spiro atoms. The fourth-order valence-electron chi connectivity index (χ4n) is 6.28. The molecule has 0 bridgehead atoms. The predicted molar refractivity (Wildman–Crippen MR) is 190 cm³/mol. The van der Waals surface area contributed by atoms with Crippen LogP contribution in [0, 0.1) is 0 Å². The molecule has 4 heteroatoms. The van der Waals surface area contributed by atoms with Crippen LogP contribution in [0.2, 0.25) is 0 Å². The third kappa shape index (κ3) is 39.0. The Bertz CT molecular complexity index is 576. The average Bonchev–Trinajstić information content (AvgIpc) is 3.01. The van der Waals surface area contributed by atoms with E-state index in [1.807, 2.05) is 0 Å². The molecular formula is C40H78O4. The van der Waals surface area contributed by atoms with Crippen LogP contribution in [-0.4, -0.2) is 23.7 Å². The molecule has 1 N–H and O–H groups in total. The monoisotopic (exact) mass is 623 g/mol. The molecule has 0 aliphatic rings. The fourth-order valence-corrected chi connectivity index (χ4v) is 6.28. The lowest BCUT2D eigenvalue weighted by atomic mass is 10.0. The van der Waals surface area contributed by atoms with Gasteiger partial charge in [0.1, 0.15) is 0 Å². The first-order chi connectivity index (χ1) is 21.7. The summed E-state index contributed by atoms with van der Waals surface area (Å²) in [4.78, 5) is 22.4. The Morgan fingerprint density at radius 3 is 0.909 bits per heavy atom. The summed E-state index contributed by atoms with van der Waals surface area (Å²) in [5.41, 5.74) is 0. The smallest absolute Gasteiger partial charge is 0.305 e. The Hall–Kier alpha value is -1.06. The summed E-state index contributed by atoms with van der Waals surface area (Å²) >= 11 is 0. The first kappa shape index (κ1) is 42.9. The molecule has 0 unspecified atom stereocenters. The Morgan fingerprint density at radius 1 is 0.364 bits per heavy atom. The maximum Gasteiger partial charge on any atom is 0.305 e. The largest absolute Gasteiger partial charge is 0.481 e. The summed E-state index contributed by atoms with van der Waals surface area (Å²) in [7, 11) is 0. The van der Waals surface area contributed by atoms with Gasteiger partial charge in [0.05, 0.1) is 6.61 Å². The van der Waals surface area contributed by atoms with E-state index in [2.05, 4.69) is 6.92 Å². The van der Waals surface area contributed by atoms with Crippen molar-refractivity contribution in [1.29, 1.82) is 0 Å². The third-order valence-corrected chi connectivity index (χ3v) is 9.28. The van der Waals surface area contributed by atoms with Gasteiger partial charge in [-0.05, 0) is 19.3 Å². The lowest BCUT2D eigenvalue weighted by Gasteiger charge is -2.06. The zero-order chi connectivity index (χ0) is 32.0. The number of rotatable bonds is 38. The van der Waals surface area contributed by atoms with E-state index in [4.69, 9.17) is 9.84 Å². The van der Waals surface area contributed by atoms with Crippen molar-refractivity contribution in [3.63, 3.8) is 0 Å². The Labute approximate surface area is 275 Å². The number of esters is 1. The molecule has 0 aliphatic heterocycles. The first-order valence-electron chi connectivity index (χ1n) is 20.0. The summed E-state index contributed by atoms with van der Waals surface area (Å²) < 4.78 is 5.44. The average molecular weight is 623 g/mol. The normalized spacial score (nSPS) is 11.3. The van der Waals surface area contributed by atoms with Gasteiger partial charge in [0.15, 0.2) is 0 Å². The molecule has 0 radical (unpaired) electrons. The highest BCUT2D eigenvalue weighted by Gasteiger charge is 2.03. The molecule has 0 aromatic heterocycles. The number of carbonyl (C=O) groups is 2. The van der Waals surface area contributed by atoms with E-state index in [9.17, 15) is 9.59 Å². The van der Waals surface area contributed by atoms with Crippen LogP contribution < -0.4 is 0 Å². The maximum atomic E-state index is 11.9. The van der Waals surface area contributed by atoms with Crippen molar-refractivity contribution < 1.29 is 19.4 Å². The van der Waals surface area contributed by atoms with Crippen LogP contribution >= 0.6 is 0 Å². The SMILES string of the molecule is CCCCCCCCCCCCCC(=O)OCCCCCCCCCCCCCCCCCCCCCCCCCC(=O)O. The number of hydrogen-bond acceptors (Lipinski definition) is 3. The third-order valence-electron chi connectivity index (χ3n) is 9.28. The lowest BCUT2D eigenvalue weighted by Crippen LogP contribution is -2.05. The van der Waals surface area contributed by atoms with Crippen LogP contribution in [0.5, 0.6) is 0 Å². The highest BCUT2D eigenvalue weighted by atomic mass is 16.5. The predicted octanol–water partition coefficient (Wildman–Crippen LogP) is 13.7. The summed E-state index contributed by atoms with van der Waals surface area (Å²) in [6.45, 7) is 2.90. The van der Waals surface area contributed by atoms with Gasteiger partial charge in [-0.1, -0.05) is 206 Å². The molecule has 44 heavy (non-hydrogen) atoms. The second-order valence-corrected chi connectivity index (χ2v) is 13.8. The number of carboxylic acid groups (broad SMARTS) is 1. The van der Waals surface area contributed by atoms with E-state index in [0.29, 0.717) is 19.4 Å². The quantitative estimate of drug-likeness (QED) is 0.0549. The molecule has 0 saturated carbocycles. The zero-order valence-corrected chi connectivity index (χ0v) is 29.8. The van der Waals surface area contributed by atoms with Gasteiger partial charge in [0, 0.05) is 12.8 Å². The summed E-state index contributed by atoms with van der Waals surface area (Å²) in [5, 5.41) is 8.64. The molecule has 0 aromatic rings. The molecule has 0 fully saturated rings. The highest BCUT2D eigenvalue weighted by molar-refractivity contribution is 5.69. The molecule has 0 saturated heterocycles. The van der Waals surface area contributed by atoms with Crippen molar-refractivity contribution in [2.24, 2.45) is 0 Å². The van der Waals surface area contributed by atoms with Crippen LogP contribution in [0.15, 0.2) is 0 Å². The van der Waals surface area contributed by atoms with Crippen molar-refractivity contribution in [3.8, 4) is 0 Å². The van der Waals surface area contributed by atoms with Gasteiger partial charge in [-0.2, -0.15) is 0 Å². The second kappa shape index (κ2) is 38.1. The minimum atomic E-state index is -0.656. The second-order valence-electron chi connectivity index (χ2n) is 13.8. The number of hydrogen-bond donors (Lipinski definition) is 1. The van der Waals surface area contributed by atoms with Gasteiger partial charge in [0.2, 0.25) is 0 Å². The van der Waals surface area contributed by atoms with Gasteiger partial charge in [0.25, 0.3) is 0 Å². The minimum Gasteiger partial charge on any atom is -0.481 e. The van der Waals surface area contributed by atoms with Crippen LogP contribution in [0.25, 0.3) is 0 Å². The van der Waals surface area contributed by atoms with E-state index < -0.39 is 5.97 Å². The van der Waals surface area contributed by atoms with Crippen molar-refractivity contribution in [2.75, 3.05) is 6.61 Å². The van der Waals surface area contributed by atoms with E-state index in [1.54, 1.807) is 0 Å². The van der Waals surface area contributed by atoms with Gasteiger partial charge in [-0.25, -0.2) is 0 Å². The van der Waals surface area contributed by atoms with Crippen LogP contribution in [0.3, 0.4) is 0 Å². The molecule has 0 amide bonds. The standard InChI is InChI=1S/C40H78O4/c1-2-3-4-5-6-7-21-25-28-31-34-37-40(43)44-38-35-32-29-26-23-20-18-16-14-12-10-8-9-11-13-15-17-19-22-24-27-30-33-36-39(41)42/h2-38H2,1H3,(H,41,42). The number of carbonyl (C=O) groups excluding carboxylic acids is 1. The molecule has 0 aromatic carbocycles. The summed E-state index contributed by atoms with van der Waals surface area (Å²) in [6.07, 6.45) is 45.6. The topological polar surface area (TPSA) is 63.6 Å². The summed E-state index contributed by atoms with van der Waals surface area (Å²) in [5.74, 6) is -0.639. The lowest BCUT2D eigenvalue weighted by molar-refractivity contribution is -0.144. The first-order valence-corrected chi connectivity index (χ1v) is 20.0. The minimum absolute atomic E-state index is 0.0167. The number of ether oxygens (including phenoxy) is 1. The van der Waals surface area contributed by atoms with Gasteiger partial charge >= 0.3 is 11.9 Å². The van der Waals surface area contributed by atoms with Gasteiger partial charge < -0.3 is 9.84 Å². The van der Waals surface area contributed by atoms with Crippen LogP contribution in [0.1, 0.15) is 238 Å². The number of carboxylic acids is 1. The zero-order valence-electron chi connectivity index (χ0n) is 29.8. The van der Waals surface area contributed by atoms with E-state index >= 15 is 0 Å². The van der Waals surface area contributed by atoms with Crippen LogP contribution in [0.4, 0.5) is 0 Å². The Kier molecular flexibility index (Phi) is 37.2. The van der Waals surface area contributed by atoms with Crippen LogP contribution in [-0.2, 0) is 14.3 Å². The molecular weight excluding hydrogens is 544 g/mol. The maximum absolute atomic E-state index is 11.9. The van der Waals surface area contributed by atoms with Crippen molar-refractivity contribution >= 4 is 11.9 Å². The molecule has 0 aliphatic carbocycles. The number of aliphatic carboxylic acids is 1. The Morgan fingerprint density at radius 2 is 0.614 bits per heavy atom. The van der Waals surface area contributed by atoms with Crippen molar-refractivity contribution in [1.82, 2.24) is 0 Å². The summed E-state index contributed by atoms with van der Waals surface area (Å²) in [6, 6.07) is 0. The molecule has 0 rings (SSSR count). The van der Waals surface area contributed by atoms with E-state index in [1.165, 1.54) is 193 Å². The fraction of sp³-hybridized carbons (Fsp3) is 0.950. The number of unbranched alkanes of at least 4 members (excludes halogenated alkanes) is 32.